The van der Waals surface area contributed by atoms with Gasteiger partial charge in [-0.05, 0) is 13.8 Å². The topological polar surface area (TPSA) is 55.0 Å². The second-order valence-electron chi connectivity index (χ2n) is 3.25. The molecule has 1 aromatic heterocycles. The van der Waals surface area contributed by atoms with E-state index < -0.39 is 0 Å². The molecule has 0 saturated carbocycles. The highest BCUT2D eigenvalue weighted by molar-refractivity contribution is 7.80. The molecule has 0 radical (unpaired) electrons. The minimum atomic E-state index is 0.264. The Morgan fingerprint density at radius 3 is 2.79 bits per heavy atom. The molecule has 0 aliphatic rings. The normalized spacial score (nSPS) is 12.5. The summed E-state index contributed by atoms with van der Waals surface area (Å²) in [4.78, 5) is 6.87. The summed E-state index contributed by atoms with van der Waals surface area (Å²) in [5.74, 6) is 0.805. The Bertz CT molecular complexity index is 323. The smallest absolute Gasteiger partial charge is 0.205 e. The molecule has 6 heteroatoms. The second kappa shape index (κ2) is 4.65. The van der Waals surface area contributed by atoms with Crippen molar-refractivity contribution in [3.63, 3.8) is 0 Å². The molecule has 1 atom stereocenters. The number of hydrogen-bond acceptors (Lipinski definition) is 5. The Kier molecular flexibility index (Phi) is 3.77. The van der Waals surface area contributed by atoms with Crippen LogP contribution in [-0.4, -0.2) is 27.4 Å². The molecule has 0 aliphatic carbocycles. The number of rotatable bonds is 4. The first-order valence-electron chi connectivity index (χ1n) is 4.32. The van der Waals surface area contributed by atoms with Gasteiger partial charge in [-0.1, -0.05) is 12.2 Å². The van der Waals surface area contributed by atoms with Crippen molar-refractivity contribution in [2.45, 2.75) is 26.3 Å². The van der Waals surface area contributed by atoms with Crippen LogP contribution in [0.5, 0.6) is 0 Å². The standard InChI is InChI=1S/C8H14N4S2/c1-5(4-7(9)13)12(3)8-10-6(2)11-14-8/h5H,4H2,1-3H3,(H2,9,13). The predicted octanol–water partition coefficient (Wildman–Crippen LogP) is 1.35. The molecule has 0 bridgehead atoms. The first-order chi connectivity index (χ1) is 6.50. The SMILES string of the molecule is Cc1nsc(N(C)C(C)CC(N)=S)n1. The van der Waals surface area contributed by atoms with Gasteiger partial charge in [-0.15, -0.1) is 0 Å². The number of nitrogens with two attached hydrogens (primary N) is 1. The molecule has 1 aromatic rings. The molecule has 0 aliphatic heterocycles. The first-order valence-corrected chi connectivity index (χ1v) is 5.50. The molecule has 78 valence electrons. The van der Waals surface area contributed by atoms with Crippen LogP contribution in [0.15, 0.2) is 0 Å². The predicted molar refractivity (Wildman–Crippen MR) is 63.9 cm³/mol. The van der Waals surface area contributed by atoms with Gasteiger partial charge in [0.2, 0.25) is 5.13 Å². The van der Waals surface area contributed by atoms with Gasteiger partial charge in [0.15, 0.2) is 0 Å². The van der Waals surface area contributed by atoms with Crippen molar-refractivity contribution in [1.29, 1.82) is 0 Å². The molecule has 0 aromatic carbocycles. The molecular weight excluding hydrogens is 216 g/mol. The fourth-order valence-corrected chi connectivity index (χ4v) is 2.02. The highest BCUT2D eigenvalue weighted by Crippen LogP contribution is 2.18. The van der Waals surface area contributed by atoms with E-state index in [0.717, 1.165) is 11.0 Å². The van der Waals surface area contributed by atoms with E-state index in [0.29, 0.717) is 11.4 Å². The van der Waals surface area contributed by atoms with Crippen molar-refractivity contribution >= 4 is 33.9 Å². The van der Waals surface area contributed by atoms with E-state index in [2.05, 4.69) is 16.3 Å². The zero-order valence-corrected chi connectivity index (χ0v) is 10.2. The average Bonchev–Trinajstić information content (AvgIpc) is 2.49. The molecule has 2 N–H and O–H groups in total. The lowest BCUT2D eigenvalue weighted by molar-refractivity contribution is 0.711. The Labute approximate surface area is 93.3 Å². The molecule has 0 amide bonds. The van der Waals surface area contributed by atoms with Crippen molar-refractivity contribution < 1.29 is 0 Å². The fourth-order valence-electron chi connectivity index (χ4n) is 1.05. The van der Waals surface area contributed by atoms with Crippen LogP contribution < -0.4 is 10.6 Å². The number of thiocarbonyl (C=S) groups is 1. The van der Waals surface area contributed by atoms with E-state index in [9.17, 15) is 0 Å². The summed E-state index contributed by atoms with van der Waals surface area (Å²) in [5.41, 5.74) is 5.49. The summed E-state index contributed by atoms with van der Waals surface area (Å²) in [7, 11) is 1.98. The van der Waals surface area contributed by atoms with Crippen LogP contribution in [-0.2, 0) is 0 Å². The van der Waals surface area contributed by atoms with Gasteiger partial charge in [0.1, 0.15) is 5.82 Å². The third-order valence-electron chi connectivity index (χ3n) is 1.98. The molecule has 14 heavy (non-hydrogen) atoms. The highest BCUT2D eigenvalue weighted by atomic mass is 32.1. The zero-order valence-electron chi connectivity index (χ0n) is 8.52. The number of aromatic nitrogens is 2. The lowest BCUT2D eigenvalue weighted by Gasteiger charge is -2.23. The number of nitrogens with zero attached hydrogens (tertiary/aromatic N) is 3. The maximum absolute atomic E-state index is 5.49. The van der Waals surface area contributed by atoms with E-state index in [1.54, 1.807) is 0 Å². The van der Waals surface area contributed by atoms with Gasteiger partial charge < -0.3 is 10.6 Å². The Morgan fingerprint density at radius 2 is 2.36 bits per heavy atom. The minimum Gasteiger partial charge on any atom is -0.393 e. The summed E-state index contributed by atoms with van der Waals surface area (Å²) in [6.07, 6.45) is 0.699. The van der Waals surface area contributed by atoms with Gasteiger partial charge in [0, 0.05) is 31.0 Å². The van der Waals surface area contributed by atoms with E-state index >= 15 is 0 Å². The molecular formula is C8H14N4S2. The number of aryl methyl sites for hydroxylation is 1. The number of anilines is 1. The third kappa shape index (κ3) is 2.88. The van der Waals surface area contributed by atoms with E-state index in [4.69, 9.17) is 18.0 Å². The second-order valence-corrected chi connectivity index (χ2v) is 4.51. The van der Waals surface area contributed by atoms with Crippen LogP contribution in [0, 0.1) is 6.92 Å². The Balaban J connectivity index is 2.65. The monoisotopic (exact) mass is 230 g/mol. The number of hydrogen-bond donors (Lipinski definition) is 1. The summed E-state index contributed by atoms with van der Waals surface area (Å²) in [6.45, 7) is 3.95. The Hall–Kier alpha value is -0.750. The largest absolute Gasteiger partial charge is 0.393 e. The molecule has 0 spiro atoms. The van der Waals surface area contributed by atoms with Crippen molar-refractivity contribution in [3.8, 4) is 0 Å². The molecule has 0 fully saturated rings. The lowest BCUT2D eigenvalue weighted by atomic mass is 10.2. The molecule has 0 saturated heterocycles. The van der Waals surface area contributed by atoms with E-state index in [1.165, 1.54) is 11.5 Å². The fraction of sp³-hybridized carbons (Fsp3) is 0.625. The average molecular weight is 230 g/mol. The van der Waals surface area contributed by atoms with Crippen LogP contribution >= 0.6 is 23.8 Å². The van der Waals surface area contributed by atoms with Gasteiger partial charge in [0.05, 0.1) is 4.99 Å². The maximum Gasteiger partial charge on any atom is 0.205 e. The van der Waals surface area contributed by atoms with Crippen LogP contribution in [0.25, 0.3) is 0 Å². The molecule has 1 rings (SSSR count). The zero-order chi connectivity index (χ0) is 10.7. The van der Waals surface area contributed by atoms with E-state index in [1.807, 2.05) is 18.9 Å². The highest BCUT2D eigenvalue weighted by Gasteiger charge is 2.14. The summed E-state index contributed by atoms with van der Waals surface area (Å²) >= 11 is 6.26. The van der Waals surface area contributed by atoms with Crippen LogP contribution in [0.3, 0.4) is 0 Å². The van der Waals surface area contributed by atoms with Gasteiger partial charge in [-0.2, -0.15) is 4.37 Å². The quantitative estimate of drug-likeness (QED) is 0.791. The van der Waals surface area contributed by atoms with Gasteiger partial charge >= 0.3 is 0 Å². The summed E-state index contributed by atoms with van der Waals surface area (Å²) in [5, 5.41) is 0.909. The van der Waals surface area contributed by atoms with Crippen LogP contribution in [0.2, 0.25) is 0 Å². The van der Waals surface area contributed by atoms with Crippen molar-refractivity contribution in [1.82, 2.24) is 9.36 Å². The van der Waals surface area contributed by atoms with Crippen molar-refractivity contribution in [2.24, 2.45) is 5.73 Å². The summed E-state index contributed by atoms with van der Waals surface area (Å²) in [6, 6.07) is 0.264. The van der Waals surface area contributed by atoms with Crippen molar-refractivity contribution in [3.05, 3.63) is 5.82 Å². The van der Waals surface area contributed by atoms with E-state index in [-0.39, 0.29) is 6.04 Å². The van der Waals surface area contributed by atoms with Crippen LogP contribution in [0.4, 0.5) is 5.13 Å². The lowest BCUT2D eigenvalue weighted by Crippen LogP contribution is -2.32. The molecule has 1 unspecified atom stereocenters. The third-order valence-corrected chi connectivity index (χ3v) is 3.04. The van der Waals surface area contributed by atoms with Crippen molar-refractivity contribution in [2.75, 3.05) is 11.9 Å². The minimum absolute atomic E-state index is 0.264. The first kappa shape index (κ1) is 11.3. The Morgan fingerprint density at radius 1 is 1.71 bits per heavy atom. The van der Waals surface area contributed by atoms with Crippen LogP contribution in [0.1, 0.15) is 19.2 Å². The van der Waals surface area contributed by atoms with Gasteiger partial charge in [0.25, 0.3) is 0 Å². The molecule has 4 nitrogen and oxygen atoms in total. The maximum atomic E-state index is 5.49. The molecule has 1 heterocycles. The van der Waals surface area contributed by atoms with Gasteiger partial charge in [-0.25, -0.2) is 4.98 Å². The summed E-state index contributed by atoms with van der Waals surface area (Å²) < 4.78 is 4.12. The van der Waals surface area contributed by atoms with Gasteiger partial charge in [-0.3, -0.25) is 0 Å².